The molecule has 0 saturated heterocycles. The van der Waals surface area contributed by atoms with E-state index in [0.29, 0.717) is 0 Å². The number of ether oxygens (including phenoxy) is 1. The quantitative estimate of drug-likeness (QED) is 0.606. The molecular formula is C14H8ClF4NO2. The summed E-state index contributed by atoms with van der Waals surface area (Å²) in [4.78, 5) is 15.1. The van der Waals surface area contributed by atoms with Gasteiger partial charge in [0, 0.05) is 5.56 Å². The molecular weight excluding hydrogens is 326 g/mol. The molecule has 0 unspecified atom stereocenters. The summed E-state index contributed by atoms with van der Waals surface area (Å²) >= 11 is 5.83. The summed E-state index contributed by atoms with van der Waals surface area (Å²) in [6.45, 7) is 0. The van der Waals surface area contributed by atoms with Crippen molar-refractivity contribution in [2.75, 3.05) is 7.11 Å². The van der Waals surface area contributed by atoms with Crippen LogP contribution in [0, 0.1) is 5.82 Å². The van der Waals surface area contributed by atoms with E-state index in [0.717, 1.165) is 31.4 Å². The lowest BCUT2D eigenvalue weighted by atomic mass is 10.1. The molecule has 0 amide bonds. The number of methoxy groups -OCH3 is 1. The van der Waals surface area contributed by atoms with Crippen LogP contribution in [-0.2, 0) is 10.9 Å². The summed E-state index contributed by atoms with van der Waals surface area (Å²) < 4.78 is 55.6. The number of alkyl halides is 3. The number of nitrogens with zero attached hydrogens (tertiary/aromatic N) is 1. The van der Waals surface area contributed by atoms with Gasteiger partial charge < -0.3 is 4.74 Å². The zero-order valence-electron chi connectivity index (χ0n) is 11.0. The predicted octanol–water partition coefficient (Wildman–Crippen LogP) is 4.35. The van der Waals surface area contributed by atoms with Crippen molar-refractivity contribution in [2.24, 2.45) is 0 Å². The number of hydrogen-bond acceptors (Lipinski definition) is 3. The van der Waals surface area contributed by atoms with Gasteiger partial charge in [-0.15, -0.1) is 0 Å². The van der Waals surface area contributed by atoms with E-state index in [4.69, 9.17) is 11.6 Å². The fraction of sp³-hybridized carbons (Fsp3) is 0.143. The van der Waals surface area contributed by atoms with Gasteiger partial charge in [-0.1, -0.05) is 17.7 Å². The minimum absolute atomic E-state index is 0.0560. The molecule has 2 aromatic rings. The van der Waals surface area contributed by atoms with E-state index in [1.54, 1.807) is 0 Å². The van der Waals surface area contributed by atoms with Crippen LogP contribution >= 0.6 is 11.6 Å². The highest BCUT2D eigenvalue weighted by atomic mass is 35.5. The highest BCUT2D eigenvalue weighted by Crippen LogP contribution is 2.35. The average molecular weight is 334 g/mol. The molecule has 3 nitrogen and oxygen atoms in total. The molecule has 116 valence electrons. The summed E-state index contributed by atoms with van der Waals surface area (Å²) in [5, 5.41) is -0.218. The Morgan fingerprint density at radius 1 is 1.23 bits per heavy atom. The second kappa shape index (κ2) is 5.92. The van der Waals surface area contributed by atoms with Crippen LogP contribution in [0.3, 0.4) is 0 Å². The van der Waals surface area contributed by atoms with Gasteiger partial charge in [0.2, 0.25) is 0 Å². The molecule has 1 aromatic heterocycles. The van der Waals surface area contributed by atoms with Crippen molar-refractivity contribution in [3.05, 3.63) is 52.4 Å². The number of benzene rings is 1. The van der Waals surface area contributed by atoms with Gasteiger partial charge in [0.05, 0.1) is 23.4 Å². The van der Waals surface area contributed by atoms with Crippen molar-refractivity contribution < 1.29 is 27.1 Å². The van der Waals surface area contributed by atoms with Crippen LogP contribution in [0.2, 0.25) is 5.02 Å². The number of aromatic nitrogens is 1. The smallest absolute Gasteiger partial charge is 0.416 e. The minimum Gasteiger partial charge on any atom is -0.464 e. The van der Waals surface area contributed by atoms with Gasteiger partial charge in [-0.25, -0.2) is 14.2 Å². The van der Waals surface area contributed by atoms with Gasteiger partial charge in [0.15, 0.2) is 11.5 Å². The van der Waals surface area contributed by atoms with Gasteiger partial charge in [0.25, 0.3) is 0 Å². The zero-order chi connectivity index (χ0) is 16.5. The largest absolute Gasteiger partial charge is 0.464 e. The topological polar surface area (TPSA) is 39.2 Å². The summed E-state index contributed by atoms with van der Waals surface area (Å²) in [7, 11) is 1.06. The zero-order valence-corrected chi connectivity index (χ0v) is 11.8. The van der Waals surface area contributed by atoms with E-state index in [1.165, 1.54) is 6.07 Å². The Morgan fingerprint density at radius 3 is 2.45 bits per heavy atom. The second-order valence-corrected chi connectivity index (χ2v) is 4.62. The summed E-state index contributed by atoms with van der Waals surface area (Å²) in [6, 6.07) is 4.83. The third-order valence-electron chi connectivity index (χ3n) is 2.80. The molecule has 0 aliphatic heterocycles. The molecule has 0 atom stereocenters. The van der Waals surface area contributed by atoms with Gasteiger partial charge in [-0.05, 0) is 24.3 Å². The van der Waals surface area contributed by atoms with Crippen LogP contribution in [-0.4, -0.2) is 18.1 Å². The molecule has 1 heterocycles. The van der Waals surface area contributed by atoms with Crippen molar-refractivity contribution >= 4 is 17.6 Å². The number of rotatable bonds is 2. The van der Waals surface area contributed by atoms with Crippen molar-refractivity contribution in [3.8, 4) is 11.3 Å². The van der Waals surface area contributed by atoms with E-state index in [2.05, 4.69) is 9.72 Å². The third-order valence-corrected chi connectivity index (χ3v) is 3.11. The molecule has 0 saturated carbocycles. The van der Waals surface area contributed by atoms with Gasteiger partial charge in [-0.2, -0.15) is 13.2 Å². The molecule has 22 heavy (non-hydrogen) atoms. The highest BCUT2D eigenvalue weighted by molar-refractivity contribution is 6.33. The van der Waals surface area contributed by atoms with Crippen molar-refractivity contribution in [1.29, 1.82) is 0 Å². The van der Waals surface area contributed by atoms with Crippen LogP contribution < -0.4 is 0 Å². The van der Waals surface area contributed by atoms with Gasteiger partial charge >= 0.3 is 12.1 Å². The van der Waals surface area contributed by atoms with E-state index in [9.17, 15) is 22.4 Å². The third kappa shape index (κ3) is 3.19. The van der Waals surface area contributed by atoms with E-state index >= 15 is 0 Å². The summed E-state index contributed by atoms with van der Waals surface area (Å²) in [5.41, 5.74) is -1.30. The molecule has 2 rings (SSSR count). The van der Waals surface area contributed by atoms with E-state index < -0.39 is 29.2 Å². The first-order valence-electron chi connectivity index (χ1n) is 5.86. The SMILES string of the molecule is COC(=O)c1nc(-c2ccc(C(F)(F)F)cc2Cl)ccc1F. The number of pyridine rings is 1. The lowest BCUT2D eigenvalue weighted by Gasteiger charge is -2.10. The first kappa shape index (κ1) is 16.2. The molecule has 0 spiro atoms. The van der Waals surface area contributed by atoms with Gasteiger partial charge in [-0.3, -0.25) is 0 Å². The fourth-order valence-corrected chi connectivity index (χ4v) is 2.01. The molecule has 0 radical (unpaired) electrons. The maximum Gasteiger partial charge on any atom is 0.416 e. The lowest BCUT2D eigenvalue weighted by molar-refractivity contribution is -0.137. The Kier molecular flexibility index (Phi) is 4.37. The first-order valence-corrected chi connectivity index (χ1v) is 6.24. The normalized spacial score (nSPS) is 11.4. The Bertz CT molecular complexity index is 731. The summed E-state index contributed by atoms with van der Waals surface area (Å²) in [5.74, 6) is -1.90. The second-order valence-electron chi connectivity index (χ2n) is 4.21. The Morgan fingerprint density at radius 2 is 1.91 bits per heavy atom. The average Bonchev–Trinajstić information content (AvgIpc) is 2.46. The lowest BCUT2D eigenvalue weighted by Crippen LogP contribution is -2.08. The van der Waals surface area contributed by atoms with Crippen LogP contribution in [0.15, 0.2) is 30.3 Å². The van der Waals surface area contributed by atoms with E-state index in [-0.39, 0.29) is 16.3 Å². The molecule has 1 aromatic carbocycles. The van der Waals surface area contributed by atoms with Crippen LogP contribution in [0.1, 0.15) is 16.1 Å². The highest BCUT2D eigenvalue weighted by Gasteiger charge is 2.31. The Labute approximate surface area is 127 Å². The number of carbonyl (C=O) groups is 1. The number of hydrogen-bond donors (Lipinski definition) is 0. The van der Waals surface area contributed by atoms with Crippen LogP contribution in [0.5, 0.6) is 0 Å². The molecule has 0 aliphatic carbocycles. The van der Waals surface area contributed by atoms with Gasteiger partial charge in [0.1, 0.15) is 0 Å². The predicted molar refractivity (Wildman–Crippen MR) is 71.0 cm³/mol. The van der Waals surface area contributed by atoms with Crippen LogP contribution in [0.25, 0.3) is 11.3 Å². The Balaban J connectivity index is 2.51. The number of esters is 1. The molecule has 0 aliphatic rings. The van der Waals surface area contributed by atoms with Crippen LogP contribution in [0.4, 0.5) is 17.6 Å². The fourth-order valence-electron chi connectivity index (χ4n) is 1.73. The maximum absolute atomic E-state index is 13.5. The molecule has 0 bridgehead atoms. The Hall–Kier alpha value is -2.15. The molecule has 0 N–H and O–H groups in total. The number of halogens is 5. The van der Waals surface area contributed by atoms with Crippen molar-refractivity contribution in [2.45, 2.75) is 6.18 Å². The standard InChI is InChI=1S/C14H8ClF4NO2/c1-22-13(21)12-10(16)4-5-11(20-12)8-3-2-7(6-9(8)15)14(17,18)19/h2-6H,1H3. The number of carbonyl (C=O) groups excluding carboxylic acids is 1. The first-order chi connectivity index (χ1) is 10.2. The maximum atomic E-state index is 13.5. The van der Waals surface area contributed by atoms with Crippen molar-refractivity contribution in [3.63, 3.8) is 0 Å². The summed E-state index contributed by atoms with van der Waals surface area (Å²) in [6.07, 6.45) is -4.53. The van der Waals surface area contributed by atoms with E-state index in [1.807, 2.05) is 0 Å². The molecule has 8 heteroatoms. The monoisotopic (exact) mass is 333 g/mol. The molecule has 0 fully saturated rings. The minimum atomic E-state index is -4.53. The van der Waals surface area contributed by atoms with Crippen molar-refractivity contribution in [1.82, 2.24) is 4.98 Å².